The predicted octanol–water partition coefficient (Wildman–Crippen LogP) is 0.263. The molecule has 0 bridgehead atoms. The molecule has 0 radical (unpaired) electrons. The Morgan fingerprint density at radius 3 is 2.87 bits per heavy atom. The summed E-state index contributed by atoms with van der Waals surface area (Å²) in [6, 6.07) is -0.101. The van der Waals surface area contributed by atoms with E-state index in [-0.39, 0.29) is 24.0 Å². The van der Waals surface area contributed by atoms with Gasteiger partial charge in [-0.05, 0) is 32.7 Å². The van der Waals surface area contributed by atoms with Crippen LogP contribution in [0, 0.1) is 5.41 Å². The van der Waals surface area contributed by atoms with E-state index in [2.05, 4.69) is 10.6 Å². The molecular formula is C11H22N2O2. The minimum atomic E-state index is -0.305. The van der Waals surface area contributed by atoms with E-state index >= 15 is 0 Å². The van der Waals surface area contributed by atoms with E-state index in [1.54, 1.807) is 0 Å². The molecule has 4 nitrogen and oxygen atoms in total. The molecule has 1 heterocycles. The summed E-state index contributed by atoms with van der Waals surface area (Å²) in [4.78, 5) is 12.0. The Morgan fingerprint density at radius 2 is 2.40 bits per heavy atom. The summed E-state index contributed by atoms with van der Waals surface area (Å²) in [6.07, 6.45) is 2.74. The number of hydrogen-bond donors (Lipinski definition) is 3. The molecule has 88 valence electrons. The van der Waals surface area contributed by atoms with Crippen molar-refractivity contribution in [2.24, 2.45) is 5.41 Å². The summed E-state index contributed by atoms with van der Waals surface area (Å²) in [5, 5.41) is 15.2. The van der Waals surface area contributed by atoms with Crippen LogP contribution in [0.4, 0.5) is 0 Å². The zero-order valence-corrected chi connectivity index (χ0v) is 9.68. The molecule has 2 atom stereocenters. The Morgan fingerprint density at radius 1 is 1.67 bits per heavy atom. The first-order valence-electron chi connectivity index (χ1n) is 5.75. The van der Waals surface area contributed by atoms with Gasteiger partial charge < -0.3 is 15.7 Å². The van der Waals surface area contributed by atoms with Crippen LogP contribution in [0.1, 0.15) is 33.1 Å². The lowest BCUT2D eigenvalue weighted by molar-refractivity contribution is -0.132. The zero-order valence-electron chi connectivity index (χ0n) is 9.68. The molecule has 0 aromatic heterocycles. The quantitative estimate of drug-likeness (QED) is 0.629. The smallest absolute Gasteiger partial charge is 0.227 e. The highest BCUT2D eigenvalue weighted by atomic mass is 16.3. The Bertz CT molecular complexity index is 209. The van der Waals surface area contributed by atoms with E-state index in [9.17, 15) is 4.79 Å². The standard InChI is InChI=1S/C11H22N2O2/c1-3-9(7-14)13-10(15)11(2)5-4-6-12-8-11/h9,12,14H,3-8H2,1-2H3,(H,13,15). The third-order valence-electron chi connectivity index (χ3n) is 3.19. The van der Waals surface area contributed by atoms with Gasteiger partial charge in [-0.1, -0.05) is 6.92 Å². The monoisotopic (exact) mass is 214 g/mol. The van der Waals surface area contributed by atoms with Gasteiger partial charge in [0.25, 0.3) is 0 Å². The first-order chi connectivity index (χ1) is 7.12. The van der Waals surface area contributed by atoms with Crippen molar-refractivity contribution in [1.82, 2.24) is 10.6 Å². The largest absolute Gasteiger partial charge is 0.394 e. The van der Waals surface area contributed by atoms with Crippen LogP contribution in [0.2, 0.25) is 0 Å². The molecule has 4 heteroatoms. The Balaban J connectivity index is 2.50. The fraction of sp³-hybridized carbons (Fsp3) is 0.909. The number of nitrogens with one attached hydrogen (secondary N) is 2. The number of piperidine rings is 1. The number of hydrogen-bond acceptors (Lipinski definition) is 3. The third-order valence-corrected chi connectivity index (χ3v) is 3.19. The van der Waals surface area contributed by atoms with Gasteiger partial charge in [-0.15, -0.1) is 0 Å². The molecule has 1 amide bonds. The van der Waals surface area contributed by atoms with Crippen molar-refractivity contribution >= 4 is 5.91 Å². The van der Waals surface area contributed by atoms with Gasteiger partial charge in [-0.25, -0.2) is 0 Å². The molecule has 1 aliphatic heterocycles. The van der Waals surface area contributed by atoms with Crippen molar-refractivity contribution < 1.29 is 9.90 Å². The second kappa shape index (κ2) is 5.47. The van der Waals surface area contributed by atoms with Gasteiger partial charge in [-0.3, -0.25) is 4.79 Å². The van der Waals surface area contributed by atoms with Gasteiger partial charge in [0.05, 0.1) is 18.1 Å². The lowest BCUT2D eigenvalue weighted by atomic mass is 9.81. The van der Waals surface area contributed by atoms with E-state index < -0.39 is 0 Å². The lowest BCUT2D eigenvalue weighted by Gasteiger charge is -2.33. The molecule has 1 rings (SSSR count). The molecule has 1 saturated heterocycles. The van der Waals surface area contributed by atoms with Crippen molar-refractivity contribution in [1.29, 1.82) is 0 Å². The highest BCUT2D eigenvalue weighted by molar-refractivity contribution is 5.82. The molecule has 2 unspecified atom stereocenters. The van der Waals surface area contributed by atoms with Crippen molar-refractivity contribution in [3.8, 4) is 0 Å². The first-order valence-corrected chi connectivity index (χ1v) is 5.75. The van der Waals surface area contributed by atoms with Gasteiger partial charge in [0.2, 0.25) is 5.91 Å². The third kappa shape index (κ3) is 3.18. The van der Waals surface area contributed by atoms with Crippen LogP contribution < -0.4 is 10.6 Å². The molecule has 3 N–H and O–H groups in total. The highest BCUT2D eigenvalue weighted by Crippen LogP contribution is 2.25. The van der Waals surface area contributed by atoms with Crippen LogP contribution in [0.15, 0.2) is 0 Å². The van der Waals surface area contributed by atoms with Crippen LogP contribution >= 0.6 is 0 Å². The summed E-state index contributed by atoms with van der Waals surface area (Å²) >= 11 is 0. The van der Waals surface area contributed by atoms with Gasteiger partial charge in [0.15, 0.2) is 0 Å². The molecule has 0 aliphatic carbocycles. The van der Waals surface area contributed by atoms with Crippen molar-refractivity contribution in [2.45, 2.75) is 39.2 Å². The molecule has 15 heavy (non-hydrogen) atoms. The van der Waals surface area contributed by atoms with Crippen LogP contribution in [0.5, 0.6) is 0 Å². The van der Waals surface area contributed by atoms with Crippen molar-refractivity contribution in [3.05, 3.63) is 0 Å². The number of aliphatic hydroxyl groups excluding tert-OH is 1. The summed E-state index contributed by atoms with van der Waals surface area (Å²) in [7, 11) is 0. The van der Waals surface area contributed by atoms with Crippen molar-refractivity contribution in [2.75, 3.05) is 19.7 Å². The van der Waals surface area contributed by atoms with Gasteiger partial charge in [0.1, 0.15) is 0 Å². The SMILES string of the molecule is CCC(CO)NC(=O)C1(C)CCCNC1. The van der Waals surface area contributed by atoms with E-state index in [1.165, 1.54) is 0 Å². The fourth-order valence-corrected chi connectivity index (χ4v) is 1.89. The van der Waals surface area contributed by atoms with Crippen molar-refractivity contribution in [3.63, 3.8) is 0 Å². The lowest BCUT2D eigenvalue weighted by Crippen LogP contribution is -2.51. The summed E-state index contributed by atoms with van der Waals surface area (Å²) in [6.45, 7) is 5.70. The van der Waals surface area contributed by atoms with E-state index in [1.807, 2.05) is 13.8 Å². The molecule has 0 saturated carbocycles. The Labute approximate surface area is 91.4 Å². The Hall–Kier alpha value is -0.610. The predicted molar refractivity (Wildman–Crippen MR) is 59.5 cm³/mol. The van der Waals surface area contributed by atoms with E-state index in [0.29, 0.717) is 0 Å². The van der Waals surface area contributed by atoms with Crippen LogP contribution in [-0.2, 0) is 4.79 Å². The molecule has 1 aliphatic rings. The van der Waals surface area contributed by atoms with E-state index in [4.69, 9.17) is 5.11 Å². The minimum Gasteiger partial charge on any atom is -0.394 e. The number of carbonyl (C=O) groups excluding carboxylic acids is 1. The molecule has 0 spiro atoms. The molecular weight excluding hydrogens is 192 g/mol. The summed E-state index contributed by atoms with van der Waals surface area (Å²) in [5.41, 5.74) is -0.305. The number of amides is 1. The average Bonchev–Trinajstić information content (AvgIpc) is 2.26. The van der Waals surface area contributed by atoms with E-state index in [0.717, 1.165) is 32.4 Å². The van der Waals surface area contributed by atoms with Gasteiger partial charge >= 0.3 is 0 Å². The highest BCUT2D eigenvalue weighted by Gasteiger charge is 2.35. The molecule has 1 fully saturated rings. The summed E-state index contributed by atoms with van der Waals surface area (Å²) < 4.78 is 0. The van der Waals surface area contributed by atoms with Crippen LogP contribution in [0.3, 0.4) is 0 Å². The average molecular weight is 214 g/mol. The maximum absolute atomic E-state index is 12.0. The van der Waals surface area contributed by atoms with Gasteiger partial charge in [-0.2, -0.15) is 0 Å². The molecule has 0 aromatic carbocycles. The topological polar surface area (TPSA) is 61.4 Å². The number of aliphatic hydroxyl groups is 1. The fourth-order valence-electron chi connectivity index (χ4n) is 1.89. The van der Waals surface area contributed by atoms with Crippen LogP contribution in [-0.4, -0.2) is 36.8 Å². The maximum Gasteiger partial charge on any atom is 0.227 e. The Kier molecular flexibility index (Phi) is 4.54. The molecule has 0 aromatic rings. The first kappa shape index (κ1) is 12.5. The maximum atomic E-state index is 12.0. The second-order valence-corrected chi connectivity index (χ2v) is 4.60. The second-order valence-electron chi connectivity index (χ2n) is 4.60. The van der Waals surface area contributed by atoms with Crippen LogP contribution in [0.25, 0.3) is 0 Å². The number of rotatable bonds is 4. The number of carbonyl (C=O) groups is 1. The summed E-state index contributed by atoms with van der Waals surface area (Å²) in [5.74, 6) is 0.0654. The minimum absolute atomic E-state index is 0.0196. The normalized spacial score (nSPS) is 28.5. The zero-order chi connectivity index (χ0) is 11.3. The van der Waals surface area contributed by atoms with Gasteiger partial charge in [0, 0.05) is 6.54 Å².